The van der Waals surface area contributed by atoms with E-state index < -0.39 is 47.8 Å². The van der Waals surface area contributed by atoms with E-state index in [0.717, 1.165) is 5.56 Å². The summed E-state index contributed by atoms with van der Waals surface area (Å²) in [5.74, 6) is -2.88. The molecule has 0 aromatic heterocycles. The third-order valence-electron chi connectivity index (χ3n) is 7.10. The van der Waals surface area contributed by atoms with Crippen molar-refractivity contribution in [3.63, 3.8) is 0 Å². The maximum atomic E-state index is 13.1. The van der Waals surface area contributed by atoms with Gasteiger partial charge < -0.3 is 35.2 Å². The molecule has 2 aromatic carbocycles. The highest BCUT2D eigenvalue weighted by molar-refractivity contribution is 5.90. The van der Waals surface area contributed by atoms with E-state index in [2.05, 4.69) is 10.6 Å². The number of hydrogen-bond acceptors (Lipinski definition) is 7. The van der Waals surface area contributed by atoms with Crippen LogP contribution in [0.2, 0.25) is 0 Å². The minimum atomic E-state index is -1.27. The Labute approximate surface area is 250 Å². The van der Waals surface area contributed by atoms with E-state index in [1.165, 1.54) is 17.0 Å². The molecule has 1 heterocycles. The van der Waals surface area contributed by atoms with Crippen LogP contribution in [0.15, 0.2) is 48.5 Å². The molecule has 1 fully saturated rings. The number of carbonyl (C=O) groups excluding carboxylic acids is 3. The number of carboxylic acid groups (broad SMARTS) is 2. The van der Waals surface area contributed by atoms with Gasteiger partial charge in [0.15, 0.2) is 6.61 Å². The van der Waals surface area contributed by atoms with Crippen molar-refractivity contribution in [2.24, 2.45) is 11.8 Å². The fourth-order valence-electron chi connectivity index (χ4n) is 4.68. The Morgan fingerprint density at radius 3 is 2.16 bits per heavy atom. The Kier molecular flexibility index (Phi) is 11.9. The van der Waals surface area contributed by atoms with Crippen molar-refractivity contribution in [1.82, 2.24) is 15.5 Å². The number of nitrogens with one attached hydrogen (secondary N) is 2. The molecule has 2 atom stereocenters. The number of nitrogens with zero attached hydrogens (tertiary/aromatic N) is 1. The molecule has 0 bridgehead atoms. The van der Waals surface area contributed by atoms with Crippen LogP contribution in [0.1, 0.15) is 44.2 Å². The van der Waals surface area contributed by atoms with Crippen molar-refractivity contribution < 1.29 is 43.7 Å². The molecule has 0 spiro atoms. The number of benzene rings is 2. The molecule has 1 aliphatic rings. The molecule has 3 rings (SSSR count). The van der Waals surface area contributed by atoms with Gasteiger partial charge in [-0.3, -0.25) is 14.4 Å². The Balaban J connectivity index is 1.55. The summed E-state index contributed by atoms with van der Waals surface area (Å²) in [6, 6.07) is 11.2. The van der Waals surface area contributed by atoms with E-state index >= 15 is 0 Å². The second kappa shape index (κ2) is 15.6. The quantitative estimate of drug-likeness (QED) is 0.271. The van der Waals surface area contributed by atoms with Crippen LogP contribution in [0.5, 0.6) is 11.5 Å². The molecular weight excluding hydrogens is 558 g/mol. The number of carbonyl (C=O) groups is 5. The smallest absolute Gasteiger partial charge is 0.415 e. The van der Waals surface area contributed by atoms with Crippen LogP contribution in [0.3, 0.4) is 0 Å². The van der Waals surface area contributed by atoms with Crippen molar-refractivity contribution in [3.8, 4) is 11.5 Å². The summed E-state index contributed by atoms with van der Waals surface area (Å²) in [6.07, 6.45) is 0.372. The summed E-state index contributed by atoms with van der Waals surface area (Å²) >= 11 is 0. The first-order valence-corrected chi connectivity index (χ1v) is 14.2. The van der Waals surface area contributed by atoms with Crippen LogP contribution in [0.4, 0.5) is 4.79 Å². The Morgan fingerprint density at radius 1 is 0.930 bits per heavy atom. The first kappa shape index (κ1) is 32.9. The third kappa shape index (κ3) is 10.3. The van der Waals surface area contributed by atoms with Crippen molar-refractivity contribution in [2.45, 2.75) is 58.5 Å². The van der Waals surface area contributed by atoms with E-state index in [0.29, 0.717) is 30.6 Å². The van der Waals surface area contributed by atoms with Gasteiger partial charge in [0, 0.05) is 19.5 Å². The zero-order chi connectivity index (χ0) is 31.5. The van der Waals surface area contributed by atoms with Crippen LogP contribution >= 0.6 is 0 Å². The van der Waals surface area contributed by atoms with Gasteiger partial charge in [0.25, 0.3) is 5.91 Å². The summed E-state index contributed by atoms with van der Waals surface area (Å²) in [7, 11) is 0. The van der Waals surface area contributed by atoms with E-state index in [1.54, 1.807) is 24.3 Å². The van der Waals surface area contributed by atoms with Gasteiger partial charge in [-0.2, -0.15) is 0 Å². The number of para-hydroxylation sites is 1. The predicted molar refractivity (Wildman–Crippen MR) is 156 cm³/mol. The summed E-state index contributed by atoms with van der Waals surface area (Å²) in [4.78, 5) is 62.7. The number of hydrogen-bond donors (Lipinski definition) is 4. The number of piperidine rings is 1. The van der Waals surface area contributed by atoms with Gasteiger partial charge in [-0.25, -0.2) is 9.59 Å². The summed E-state index contributed by atoms with van der Waals surface area (Å²) < 4.78 is 11.0. The number of carboxylic acids is 2. The molecule has 232 valence electrons. The van der Waals surface area contributed by atoms with Crippen LogP contribution in [-0.4, -0.2) is 76.7 Å². The predicted octanol–water partition coefficient (Wildman–Crippen LogP) is 3.01. The largest absolute Gasteiger partial charge is 0.484 e. The van der Waals surface area contributed by atoms with E-state index in [1.807, 2.05) is 32.9 Å². The molecule has 12 nitrogen and oxygen atoms in total. The Hall–Kier alpha value is -4.61. The summed E-state index contributed by atoms with van der Waals surface area (Å²) in [6.45, 7) is 5.89. The second-order valence-electron chi connectivity index (χ2n) is 11.0. The van der Waals surface area contributed by atoms with Crippen LogP contribution in [0, 0.1) is 18.8 Å². The van der Waals surface area contributed by atoms with Gasteiger partial charge in [0.2, 0.25) is 5.91 Å². The zero-order valence-electron chi connectivity index (χ0n) is 24.6. The fourth-order valence-corrected chi connectivity index (χ4v) is 4.68. The van der Waals surface area contributed by atoms with Gasteiger partial charge >= 0.3 is 18.0 Å². The second-order valence-corrected chi connectivity index (χ2v) is 11.0. The zero-order valence-corrected chi connectivity index (χ0v) is 24.6. The average molecular weight is 598 g/mol. The maximum absolute atomic E-state index is 13.1. The normalized spacial score (nSPS) is 14.8. The van der Waals surface area contributed by atoms with E-state index in [4.69, 9.17) is 14.6 Å². The maximum Gasteiger partial charge on any atom is 0.415 e. The summed E-state index contributed by atoms with van der Waals surface area (Å²) in [5, 5.41) is 24.1. The highest BCUT2D eigenvalue weighted by atomic mass is 16.6. The van der Waals surface area contributed by atoms with Gasteiger partial charge in [-0.15, -0.1) is 0 Å². The van der Waals surface area contributed by atoms with E-state index in [-0.39, 0.29) is 37.8 Å². The average Bonchev–Trinajstić information content (AvgIpc) is 2.96. The lowest BCUT2D eigenvalue weighted by Crippen LogP contribution is -2.53. The molecule has 0 aliphatic carbocycles. The van der Waals surface area contributed by atoms with Gasteiger partial charge in [0.1, 0.15) is 23.6 Å². The molecule has 0 radical (unpaired) electrons. The topological polar surface area (TPSA) is 172 Å². The number of ether oxygens (including phenoxy) is 2. The monoisotopic (exact) mass is 597 g/mol. The van der Waals surface area contributed by atoms with Gasteiger partial charge in [-0.1, -0.05) is 44.2 Å². The SMILES string of the molecule is Cc1ccccc1OCC(=O)N[C@@H](CC(C)C)C(=O)N[C@@H](Cc1ccc(OC(=O)N2CCC(C(=O)O)CC2)cc1)C(=O)O. The molecule has 1 aliphatic heterocycles. The first-order chi connectivity index (χ1) is 20.4. The van der Waals surface area contributed by atoms with Gasteiger partial charge in [0.05, 0.1) is 5.92 Å². The van der Waals surface area contributed by atoms with Crippen molar-refractivity contribution in [1.29, 1.82) is 0 Å². The Bertz CT molecular complexity index is 1290. The highest BCUT2D eigenvalue weighted by Crippen LogP contribution is 2.20. The number of aryl methyl sites for hydroxylation is 1. The molecule has 0 unspecified atom stereocenters. The molecule has 43 heavy (non-hydrogen) atoms. The third-order valence-corrected chi connectivity index (χ3v) is 7.10. The molecule has 4 N–H and O–H groups in total. The van der Waals surface area contributed by atoms with Crippen molar-refractivity contribution in [2.75, 3.05) is 19.7 Å². The van der Waals surface area contributed by atoms with E-state index in [9.17, 15) is 29.1 Å². The molecule has 3 amide bonds. The molecule has 0 saturated carbocycles. The summed E-state index contributed by atoms with van der Waals surface area (Å²) in [5.41, 5.74) is 1.44. The van der Waals surface area contributed by atoms with Crippen molar-refractivity contribution in [3.05, 3.63) is 59.7 Å². The van der Waals surface area contributed by atoms with Crippen molar-refractivity contribution >= 4 is 29.8 Å². The lowest BCUT2D eigenvalue weighted by Gasteiger charge is -2.29. The van der Waals surface area contributed by atoms with Gasteiger partial charge in [-0.05, 0) is 61.4 Å². The van der Waals surface area contributed by atoms with Crippen LogP contribution in [-0.2, 0) is 25.6 Å². The fraction of sp³-hybridized carbons (Fsp3) is 0.452. The first-order valence-electron chi connectivity index (χ1n) is 14.2. The number of amides is 3. The standard InChI is InChI=1S/C31H39N3O9/c1-19(2)16-24(32-27(35)18-42-26-7-5-4-6-20(26)3)28(36)33-25(30(39)40)17-21-8-10-23(11-9-21)43-31(41)34-14-12-22(13-15-34)29(37)38/h4-11,19,22,24-25H,12-18H2,1-3H3,(H,32,35)(H,33,36)(H,37,38)(H,39,40)/t24-,25-/m0/s1. The lowest BCUT2D eigenvalue weighted by atomic mass is 9.97. The number of rotatable bonds is 13. The van der Waals surface area contributed by atoms with Crippen LogP contribution in [0.25, 0.3) is 0 Å². The Morgan fingerprint density at radius 2 is 1.58 bits per heavy atom. The number of aliphatic carboxylic acids is 2. The molecule has 12 heteroatoms. The molecule has 1 saturated heterocycles. The van der Waals surface area contributed by atoms with Crippen LogP contribution < -0.4 is 20.1 Å². The highest BCUT2D eigenvalue weighted by Gasteiger charge is 2.29. The molecule has 2 aromatic rings. The number of likely N-dealkylation sites (tertiary alicyclic amines) is 1. The minimum Gasteiger partial charge on any atom is -0.484 e. The lowest BCUT2D eigenvalue weighted by molar-refractivity contribution is -0.143. The minimum absolute atomic E-state index is 0.0374. The molecular formula is C31H39N3O9.